The molecule has 3 heteroatoms. The molecule has 1 saturated heterocycles. The first-order chi connectivity index (χ1) is 5.36. The van der Waals surface area contributed by atoms with Gasteiger partial charge in [0, 0.05) is 20.2 Å². The highest BCUT2D eigenvalue weighted by Crippen LogP contribution is 2.16. The minimum Gasteiger partial charge on any atom is -0.383 e. The normalized spacial score (nSPS) is 26.2. The number of rotatable bonds is 4. The van der Waals surface area contributed by atoms with Gasteiger partial charge in [0.2, 0.25) is 0 Å². The molecular formula is C8H17NOS. The summed E-state index contributed by atoms with van der Waals surface area (Å²) in [7, 11) is 1.76. The Hall–Kier alpha value is 0.270. The third kappa shape index (κ3) is 3.01. The summed E-state index contributed by atoms with van der Waals surface area (Å²) in [5.74, 6) is 1.85. The van der Waals surface area contributed by atoms with Crippen molar-refractivity contribution in [3.05, 3.63) is 0 Å². The highest BCUT2D eigenvalue weighted by atomic mass is 32.1. The van der Waals surface area contributed by atoms with E-state index in [-0.39, 0.29) is 0 Å². The average molecular weight is 175 g/mol. The zero-order valence-corrected chi connectivity index (χ0v) is 8.02. The molecule has 1 fully saturated rings. The van der Waals surface area contributed by atoms with Crippen molar-refractivity contribution in [3.63, 3.8) is 0 Å². The lowest BCUT2D eigenvalue weighted by Gasteiger charge is -2.14. The van der Waals surface area contributed by atoms with Crippen LogP contribution >= 0.6 is 12.6 Å². The van der Waals surface area contributed by atoms with Crippen molar-refractivity contribution < 1.29 is 4.74 Å². The van der Waals surface area contributed by atoms with E-state index in [1.165, 1.54) is 19.5 Å². The predicted molar refractivity (Wildman–Crippen MR) is 50.3 cm³/mol. The van der Waals surface area contributed by atoms with Crippen molar-refractivity contribution in [1.82, 2.24) is 4.90 Å². The molecule has 1 atom stereocenters. The lowest BCUT2D eigenvalue weighted by molar-refractivity contribution is 0.159. The van der Waals surface area contributed by atoms with E-state index in [2.05, 4.69) is 17.5 Å². The highest BCUT2D eigenvalue weighted by molar-refractivity contribution is 7.80. The van der Waals surface area contributed by atoms with Gasteiger partial charge in [-0.2, -0.15) is 12.6 Å². The largest absolute Gasteiger partial charge is 0.383 e. The fourth-order valence-electron chi connectivity index (χ4n) is 1.49. The molecule has 1 unspecified atom stereocenters. The van der Waals surface area contributed by atoms with Crippen molar-refractivity contribution >= 4 is 12.6 Å². The standard InChI is InChI=1S/C8H17NOS/c1-10-5-4-9-3-2-8(6-9)7-11/h8,11H,2-7H2,1H3. The van der Waals surface area contributed by atoms with Gasteiger partial charge in [-0.1, -0.05) is 0 Å². The number of methoxy groups -OCH3 is 1. The molecule has 0 aromatic heterocycles. The van der Waals surface area contributed by atoms with Crippen molar-refractivity contribution in [3.8, 4) is 0 Å². The van der Waals surface area contributed by atoms with Crippen LogP contribution < -0.4 is 0 Å². The molecule has 2 nitrogen and oxygen atoms in total. The Morgan fingerprint density at radius 1 is 1.64 bits per heavy atom. The van der Waals surface area contributed by atoms with Gasteiger partial charge in [-0.25, -0.2) is 0 Å². The van der Waals surface area contributed by atoms with Crippen LogP contribution in [0.4, 0.5) is 0 Å². The Labute approximate surface area is 74.3 Å². The number of thiol groups is 1. The molecule has 0 bridgehead atoms. The van der Waals surface area contributed by atoms with Gasteiger partial charge >= 0.3 is 0 Å². The molecule has 0 aromatic rings. The Balaban J connectivity index is 2.09. The van der Waals surface area contributed by atoms with Crippen LogP contribution in [0.25, 0.3) is 0 Å². The van der Waals surface area contributed by atoms with Gasteiger partial charge in [-0.15, -0.1) is 0 Å². The van der Waals surface area contributed by atoms with Crippen molar-refractivity contribution in [2.24, 2.45) is 5.92 Å². The van der Waals surface area contributed by atoms with Crippen LogP contribution in [0.5, 0.6) is 0 Å². The third-order valence-corrected chi connectivity index (χ3v) is 2.76. The second kappa shape index (κ2) is 5.01. The van der Waals surface area contributed by atoms with Crippen molar-refractivity contribution in [2.75, 3.05) is 39.1 Å². The maximum Gasteiger partial charge on any atom is 0.0589 e. The minimum absolute atomic E-state index is 0.815. The molecule has 0 spiro atoms. The fourth-order valence-corrected chi connectivity index (χ4v) is 1.78. The average Bonchev–Trinajstić information content (AvgIpc) is 2.48. The molecule has 66 valence electrons. The van der Waals surface area contributed by atoms with Gasteiger partial charge in [0.1, 0.15) is 0 Å². The molecular weight excluding hydrogens is 158 g/mol. The molecule has 1 aliphatic heterocycles. The van der Waals surface area contributed by atoms with E-state index in [0.29, 0.717) is 0 Å². The third-order valence-electron chi connectivity index (χ3n) is 2.24. The summed E-state index contributed by atoms with van der Waals surface area (Å²) in [5.41, 5.74) is 0. The van der Waals surface area contributed by atoms with E-state index >= 15 is 0 Å². The summed E-state index contributed by atoms with van der Waals surface area (Å²) in [6.45, 7) is 4.39. The van der Waals surface area contributed by atoms with Crippen molar-refractivity contribution in [2.45, 2.75) is 6.42 Å². The molecule has 0 amide bonds. The molecule has 1 aliphatic rings. The number of hydrogen-bond donors (Lipinski definition) is 1. The first-order valence-corrected chi connectivity index (χ1v) is 4.82. The Morgan fingerprint density at radius 2 is 2.45 bits per heavy atom. The Morgan fingerprint density at radius 3 is 3.00 bits per heavy atom. The summed E-state index contributed by atoms with van der Waals surface area (Å²) < 4.78 is 5.01. The van der Waals surface area contributed by atoms with Gasteiger partial charge in [0.25, 0.3) is 0 Å². The number of nitrogens with zero attached hydrogens (tertiary/aromatic N) is 1. The summed E-state index contributed by atoms with van der Waals surface area (Å²) in [6, 6.07) is 0. The SMILES string of the molecule is COCCN1CCC(CS)C1. The molecule has 0 aromatic carbocycles. The van der Waals surface area contributed by atoms with E-state index in [1.54, 1.807) is 7.11 Å². The molecule has 0 saturated carbocycles. The summed E-state index contributed by atoms with van der Waals surface area (Å²) in [4.78, 5) is 2.45. The molecule has 0 aliphatic carbocycles. The summed E-state index contributed by atoms with van der Waals surface area (Å²) in [5, 5.41) is 0. The number of likely N-dealkylation sites (tertiary alicyclic amines) is 1. The van der Waals surface area contributed by atoms with E-state index in [4.69, 9.17) is 4.74 Å². The summed E-state index contributed by atoms with van der Waals surface area (Å²) >= 11 is 4.29. The van der Waals surface area contributed by atoms with Gasteiger partial charge in [0.15, 0.2) is 0 Å². The highest BCUT2D eigenvalue weighted by Gasteiger charge is 2.20. The topological polar surface area (TPSA) is 12.5 Å². The van der Waals surface area contributed by atoms with Gasteiger partial charge in [-0.3, -0.25) is 0 Å². The monoisotopic (exact) mass is 175 g/mol. The van der Waals surface area contributed by atoms with E-state index in [9.17, 15) is 0 Å². The number of ether oxygens (including phenoxy) is 1. The zero-order valence-electron chi connectivity index (χ0n) is 7.12. The smallest absolute Gasteiger partial charge is 0.0589 e. The van der Waals surface area contributed by atoms with Gasteiger partial charge < -0.3 is 9.64 Å². The lowest BCUT2D eigenvalue weighted by Crippen LogP contribution is -2.25. The lowest BCUT2D eigenvalue weighted by atomic mass is 10.2. The second-order valence-corrected chi connectivity index (χ2v) is 3.50. The maximum atomic E-state index is 5.01. The van der Waals surface area contributed by atoms with Crippen LogP contribution in [0.15, 0.2) is 0 Å². The molecule has 11 heavy (non-hydrogen) atoms. The van der Waals surface area contributed by atoms with Crippen LogP contribution in [-0.2, 0) is 4.74 Å². The van der Waals surface area contributed by atoms with Crippen LogP contribution in [0.2, 0.25) is 0 Å². The first-order valence-electron chi connectivity index (χ1n) is 4.19. The minimum atomic E-state index is 0.815. The van der Waals surface area contributed by atoms with Crippen LogP contribution in [0.3, 0.4) is 0 Å². The van der Waals surface area contributed by atoms with E-state index in [0.717, 1.165) is 24.8 Å². The van der Waals surface area contributed by atoms with Gasteiger partial charge in [-0.05, 0) is 24.6 Å². The quantitative estimate of drug-likeness (QED) is 0.637. The van der Waals surface area contributed by atoms with E-state index in [1.807, 2.05) is 0 Å². The molecule has 1 heterocycles. The molecule has 0 radical (unpaired) electrons. The summed E-state index contributed by atoms with van der Waals surface area (Å²) in [6.07, 6.45) is 1.31. The van der Waals surface area contributed by atoms with E-state index < -0.39 is 0 Å². The fraction of sp³-hybridized carbons (Fsp3) is 1.00. The van der Waals surface area contributed by atoms with Crippen LogP contribution in [0.1, 0.15) is 6.42 Å². The van der Waals surface area contributed by atoms with Gasteiger partial charge in [0.05, 0.1) is 6.61 Å². The maximum absolute atomic E-state index is 5.01. The predicted octanol–water partition coefficient (Wildman–Crippen LogP) is 0.885. The zero-order chi connectivity index (χ0) is 8.10. The Kier molecular flexibility index (Phi) is 4.26. The molecule has 0 N–H and O–H groups in total. The first kappa shape index (κ1) is 9.36. The van der Waals surface area contributed by atoms with Crippen LogP contribution in [0, 0.1) is 5.92 Å². The second-order valence-electron chi connectivity index (χ2n) is 3.13. The number of hydrogen-bond acceptors (Lipinski definition) is 3. The van der Waals surface area contributed by atoms with Crippen LogP contribution in [-0.4, -0.2) is 44.0 Å². The Bertz CT molecular complexity index is 110. The van der Waals surface area contributed by atoms with Crippen molar-refractivity contribution in [1.29, 1.82) is 0 Å². The molecule has 1 rings (SSSR count).